The van der Waals surface area contributed by atoms with Crippen molar-refractivity contribution in [2.75, 3.05) is 0 Å². The molecule has 0 unspecified atom stereocenters. The lowest BCUT2D eigenvalue weighted by molar-refractivity contribution is -0.122. The van der Waals surface area contributed by atoms with Crippen LogP contribution >= 0.6 is 0 Å². The highest BCUT2D eigenvalue weighted by Gasteiger charge is 2.19. The Kier molecular flexibility index (Phi) is 4.41. The van der Waals surface area contributed by atoms with Crippen LogP contribution in [0.1, 0.15) is 36.0 Å². The highest BCUT2D eigenvalue weighted by atomic mass is 16.2. The van der Waals surface area contributed by atoms with Gasteiger partial charge in [0.15, 0.2) is 0 Å². The monoisotopic (exact) mass is 312 g/mol. The number of nitrogens with zero attached hydrogens (tertiary/aromatic N) is 2. The summed E-state index contributed by atoms with van der Waals surface area (Å²) in [6, 6.07) is 9.61. The van der Waals surface area contributed by atoms with Crippen molar-refractivity contribution in [1.29, 1.82) is 0 Å². The minimum Gasteiger partial charge on any atom is -0.365 e. The maximum absolute atomic E-state index is 12.1. The van der Waals surface area contributed by atoms with Gasteiger partial charge in [-0.25, -0.2) is 0 Å². The molecular weight excluding hydrogens is 292 g/mol. The van der Waals surface area contributed by atoms with Gasteiger partial charge in [0, 0.05) is 17.8 Å². The van der Waals surface area contributed by atoms with E-state index in [2.05, 4.69) is 10.4 Å². The molecule has 0 aliphatic heterocycles. The van der Waals surface area contributed by atoms with Gasteiger partial charge in [0.2, 0.25) is 5.91 Å². The van der Waals surface area contributed by atoms with E-state index in [1.807, 2.05) is 30.3 Å². The van der Waals surface area contributed by atoms with Crippen molar-refractivity contribution >= 4 is 11.8 Å². The van der Waals surface area contributed by atoms with E-state index in [0.717, 1.165) is 31.2 Å². The van der Waals surface area contributed by atoms with Gasteiger partial charge in [0.05, 0.1) is 5.56 Å². The Balaban J connectivity index is 1.77. The summed E-state index contributed by atoms with van der Waals surface area (Å²) in [6.07, 6.45) is 5.94. The lowest BCUT2D eigenvalue weighted by Gasteiger charge is -2.11. The third-order valence-electron chi connectivity index (χ3n) is 4.10. The van der Waals surface area contributed by atoms with Crippen molar-refractivity contribution < 1.29 is 9.59 Å². The minimum absolute atomic E-state index is 0.0869. The number of hydrogen-bond donors (Lipinski definition) is 2. The van der Waals surface area contributed by atoms with Gasteiger partial charge in [-0.05, 0) is 12.8 Å². The van der Waals surface area contributed by atoms with Crippen LogP contribution in [-0.4, -0.2) is 27.6 Å². The lowest BCUT2D eigenvalue weighted by atomic mass is 10.1. The number of rotatable bonds is 5. The Morgan fingerprint density at radius 2 is 1.91 bits per heavy atom. The number of nitrogens with one attached hydrogen (secondary N) is 1. The van der Waals surface area contributed by atoms with E-state index in [1.54, 1.807) is 6.20 Å². The summed E-state index contributed by atoms with van der Waals surface area (Å²) in [4.78, 5) is 23.7. The van der Waals surface area contributed by atoms with Gasteiger partial charge in [-0.3, -0.25) is 14.3 Å². The minimum atomic E-state index is -0.550. The zero-order valence-electron chi connectivity index (χ0n) is 12.9. The van der Waals surface area contributed by atoms with Crippen molar-refractivity contribution in [2.45, 2.75) is 38.3 Å². The van der Waals surface area contributed by atoms with Crippen molar-refractivity contribution in [3.05, 3.63) is 42.1 Å². The maximum Gasteiger partial charge on any atom is 0.252 e. The first kappa shape index (κ1) is 15.3. The number of primary amides is 1. The molecule has 1 saturated carbocycles. The molecule has 3 N–H and O–H groups in total. The summed E-state index contributed by atoms with van der Waals surface area (Å²) in [5.74, 6) is -0.638. The third kappa shape index (κ3) is 3.59. The number of carbonyl (C=O) groups excluding carboxylic acids is 2. The second-order valence-corrected chi connectivity index (χ2v) is 5.87. The Morgan fingerprint density at radius 1 is 1.22 bits per heavy atom. The van der Waals surface area contributed by atoms with E-state index >= 15 is 0 Å². The summed E-state index contributed by atoms with van der Waals surface area (Å²) in [5, 5.41) is 7.38. The van der Waals surface area contributed by atoms with Crippen molar-refractivity contribution in [2.24, 2.45) is 5.73 Å². The molecule has 0 radical (unpaired) electrons. The molecule has 6 heteroatoms. The molecule has 0 saturated heterocycles. The number of nitrogens with two attached hydrogens (primary N) is 1. The molecule has 2 aromatic rings. The quantitative estimate of drug-likeness (QED) is 0.880. The molecule has 1 heterocycles. The summed E-state index contributed by atoms with van der Waals surface area (Å²) in [6.45, 7) is 0.0869. The SMILES string of the molecule is NC(=O)c1cn(CC(=O)NC2CCCC2)nc1-c1ccccc1. The summed E-state index contributed by atoms with van der Waals surface area (Å²) < 4.78 is 1.48. The zero-order chi connectivity index (χ0) is 16.2. The van der Waals surface area contributed by atoms with Crippen LogP contribution in [0, 0.1) is 0 Å². The number of hydrogen-bond acceptors (Lipinski definition) is 3. The van der Waals surface area contributed by atoms with Gasteiger partial charge in [-0.2, -0.15) is 5.10 Å². The van der Waals surface area contributed by atoms with E-state index in [-0.39, 0.29) is 18.5 Å². The first-order chi connectivity index (χ1) is 11.1. The standard InChI is InChI=1S/C17H20N4O2/c18-17(23)14-10-21(11-15(22)19-13-8-4-5-9-13)20-16(14)12-6-2-1-3-7-12/h1-3,6-7,10,13H,4-5,8-9,11H2,(H2,18,23)(H,19,22). The van der Waals surface area contributed by atoms with Gasteiger partial charge < -0.3 is 11.1 Å². The van der Waals surface area contributed by atoms with Crippen molar-refractivity contribution in [1.82, 2.24) is 15.1 Å². The van der Waals surface area contributed by atoms with Gasteiger partial charge in [-0.15, -0.1) is 0 Å². The van der Waals surface area contributed by atoms with Crippen LogP contribution in [0.25, 0.3) is 11.3 Å². The van der Waals surface area contributed by atoms with Crippen LogP contribution in [-0.2, 0) is 11.3 Å². The van der Waals surface area contributed by atoms with Crippen LogP contribution < -0.4 is 11.1 Å². The van der Waals surface area contributed by atoms with Crippen LogP contribution in [0.4, 0.5) is 0 Å². The molecule has 0 atom stereocenters. The lowest BCUT2D eigenvalue weighted by Crippen LogP contribution is -2.35. The van der Waals surface area contributed by atoms with E-state index in [0.29, 0.717) is 11.3 Å². The smallest absolute Gasteiger partial charge is 0.252 e. The summed E-state index contributed by atoms with van der Waals surface area (Å²) in [5.41, 5.74) is 7.07. The fourth-order valence-electron chi connectivity index (χ4n) is 2.98. The van der Waals surface area contributed by atoms with E-state index in [9.17, 15) is 9.59 Å². The van der Waals surface area contributed by atoms with E-state index in [4.69, 9.17) is 5.73 Å². The highest BCUT2D eigenvalue weighted by Crippen LogP contribution is 2.21. The second kappa shape index (κ2) is 6.64. The van der Waals surface area contributed by atoms with E-state index < -0.39 is 5.91 Å². The molecule has 1 fully saturated rings. The molecule has 1 aromatic carbocycles. The second-order valence-electron chi connectivity index (χ2n) is 5.87. The number of aromatic nitrogens is 2. The summed E-state index contributed by atoms with van der Waals surface area (Å²) in [7, 11) is 0. The fourth-order valence-corrected chi connectivity index (χ4v) is 2.98. The molecule has 3 rings (SSSR count). The predicted octanol–water partition coefficient (Wildman–Crippen LogP) is 1.71. The number of carbonyl (C=O) groups is 2. The molecule has 0 bridgehead atoms. The van der Waals surface area contributed by atoms with Gasteiger partial charge in [0.1, 0.15) is 12.2 Å². The number of benzene rings is 1. The molecule has 1 aliphatic carbocycles. The molecule has 6 nitrogen and oxygen atoms in total. The molecule has 2 amide bonds. The van der Waals surface area contributed by atoms with Gasteiger partial charge >= 0.3 is 0 Å². The van der Waals surface area contributed by atoms with Crippen molar-refractivity contribution in [3.63, 3.8) is 0 Å². The molecular formula is C17H20N4O2. The van der Waals surface area contributed by atoms with Gasteiger partial charge in [-0.1, -0.05) is 43.2 Å². The largest absolute Gasteiger partial charge is 0.365 e. The number of amides is 2. The Hall–Kier alpha value is -2.63. The third-order valence-corrected chi connectivity index (χ3v) is 4.10. The normalized spacial score (nSPS) is 14.8. The first-order valence-electron chi connectivity index (χ1n) is 7.85. The predicted molar refractivity (Wildman–Crippen MR) is 86.6 cm³/mol. The fraction of sp³-hybridized carbons (Fsp3) is 0.353. The molecule has 0 spiro atoms. The maximum atomic E-state index is 12.1. The molecule has 23 heavy (non-hydrogen) atoms. The highest BCUT2D eigenvalue weighted by molar-refractivity contribution is 5.98. The summed E-state index contributed by atoms with van der Waals surface area (Å²) >= 11 is 0. The zero-order valence-corrected chi connectivity index (χ0v) is 12.9. The Morgan fingerprint density at radius 3 is 2.57 bits per heavy atom. The van der Waals surface area contributed by atoms with Gasteiger partial charge in [0.25, 0.3) is 5.91 Å². The topological polar surface area (TPSA) is 90.0 Å². The van der Waals surface area contributed by atoms with Crippen LogP contribution in [0.15, 0.2) is 36.5 Å². The van der Waals surface area contributed by atoms with E-state index in [1.165, 1.54) is 4.68 Å². The molecule has 120 valence electrons. The molecule has 1 aromatic heterocycles. The molecule has 1 aliphatic rings. The Bertz CT molecular complexity index is 703. The Labute approximate surface area is 134 Å². The van der Waals surface area contributed by atoms with Crippen LogP contribution in [0.2, 0.25) is 0 Å². The van der Waals surface area contributed by atoms with Crippen LogP contribution in [0.3, 0.4) is 0 Å². The average Bonchev–Trinajstić information content (AvgIpc) is 3.17. The first-order valence-corrected chi connectivity index (χ1v) is 7.85. The van der Waals surface area contributed by atoms with Crippen LogP contribution in [0.5, 0.6) is 0 Å². The average molecular weight is 312 g/mol. The van der Waals surface area contributed by atoms with Crippen molar-refractivity contribution in [3.8, 4) is 11.3 Å².